The molecule has 2 aliphatic carbocycles. The number of Topliss-reactive ketones (excluding diaryl/α,β-unsaturated/α-hetero) is 1. The fraction of sp³-hybridized carbons (Fsp3) is 0.107. The molecule has 3 aromatic carbocycles. The highest BCUT2D eigenvalue weighted by Gasteiger charge is 2.27. The minimum Gasteiger partial charge on any atom is -0.478 e. The lowest BCUT2D eigenvalue weighted by Gasteiger charge is -2.23. The van der Waals surface area contributed by atoms with Gasteiger partial charge in [-0.1, -0.05) is 54.6 Å². The molecule has 4 nitrogen and oxygen atoms in total. The van der Waals surface area contributed by atoms with E-state index in [-0.39, 0.29) is 17.3 Å². The lowest BCUT2D eigenvalue weighted by Crippen LogP contribution is -2.28. The van der Waals surface area contributed by atoms with Gasteiger partial charge in [-0.05, 0) is 62.7 Å². The summed E-state index contributed by atoms with van der Waals surface area (Å²) in [5.41, 5.74) is 3.75. The Morgan fingerprint density at radius 2 is 1.88 bits per heavy atom. The van der Waals surface area contributed by atoms with Crippen molar-refractivity contribution >= 4 is 47.6 Å². The van der Waals surface area contributed by atoms with Crippen molar-refractivity contribution in [2.75, 3.05) is 0 Å². The molecule has 0 fully saturated rings. The van der Waals surface area contributed by atoms with Crippen molar-refractivity contribution in [3.63, 3.8) is 0 Å². The molecular formula is C28H19NO3S. The lowest BCUT2D eigenvalue weighted by atomic mass is 9.80. The van der Waals surface area contributed by atoms with Crippen LogP contribution in [0.15, 0.2) is 70.0 Å². The van der Waals surface area contributed by atoms with E-state index in [1.807, 2.05) is 24.3 Å². The summed E-state index contributed by atoms with van der Waals surface area (Å²) in [6.07, 6.45) is 9.53. The Hall–Kier alpha value is -3.70. The number of benzene rings is 3. The number of hydrogen-bond acceptors (Lipinski definition) is 4. The highest BCUT2D eigenvalue weighted by Crippen LogP contribution is 2.34. The van der Waals surface area contributed by atoms with Crippen molar-refractivity contribution in [2.45, 2.75) is 23.7 Å². The normalized spacial score (nSPS) is 17.9. The molecule has 3 aromatic rings. The van der Waals surface area contributed by atoms with Gasteiger partial charge in [0.15, 0.2) is 5.78 Å². The quantitative estimate of drug-likeness (QED) is 0.586. The summed E-state index contributed by atoms with van der Waals surface area (Å²) in [6.45, 7) is 0. The van der Waals surface area contributed by atoms with Gasteiger partial charge in [0.1, 0.15) is 0 Å². The molecule has 3 aliphatic rings. The van der Waals surface area contributed by atoms with E-state index in [0.29, 0.717) is 6.42 Å². The largest absolute Gasteiger partial charge is 0.478 e. The Labute approximate surface area is 194 Å². The summed E-state index contributed by atoms with van der Waals surface area (Å²) in [5.74, 6) is -0.936. The summed E-state index contributed by atoms with van der Waals surface area (Å²) in [5, 5.41) is 13.7. The van der Waals surface area contributed by atoms with Crippen LogP contribution in [0.1, 0.15) is 50.6 Å². The third kappa shape index (κ3) is 3.28. The molecule has 1 N–H and O–H groups in total. The predicted octanol–water partition coefficient (Wildman–Crippen LogP) is 4.48. The summed E-state index contributed by atoms with van der Waals surface area (Å²) in [6, 6.07) is 17.5. The Morgan fingerprint density at radius 1 is 1.00 bits per heavy atom. The SMILES string of the molecule is O=C(O)c1ccc2c(c1)C=CC(C1C=c3ccccc3=c3ccc4c(c31)C(=O)CCC=4)=NS2. The summed E-state index contributed by atoms with van der Waals surface area (Å²) < 4.78 is 4.85. The second kappa shape index (κ2) is 7.71. The van der Waals surface area contributed by atoms with Crippen LogP contribution in [-0.4, -0.2) is 22.6 Å². The number of carbonyl (C=O) groups excluding carboxylic acids is 1. The molecule has 33 heavy (non-hydrogen) atoms. The van der Waals surface area contributed by atoms with Crippen LogP contribution in [0.2, 0.25) is 0 Å². The molecule has 5 heteroatoms. The number of carboxylic acid groups (broad SMARTS) is 1. The number of fused-ring (bicyclic) bond motifs is 5. The molecule has 0 bridgehead atoms. The van der Waals surface area contributed by atoms with E-state index < -0.39 is 5.97 Å². The average Bonchev–Trinajstić information content (AvgIpc) is 3.05. The number of aromatic carboxylic acids is 1. The zero-order valence-electron chi connectivity index (χ0n) is 17.6. The van der Waals surface area contributed by atoms with Crippen LogP contribution in [-0.2, 0) is 0 Å². The van der Waals surface area contributed by atoms with Crippen LogP contribution >= 0.6 is 11.9 Å². The number of rotatable bonds is 2. The van der Waals surface area contributed by atoms with Crippen molar-refractivity contribution in [1.29, 1.82) is 0 Å². The molecule has 1 unspecified atom stereocenters. The number of carbonyl (C=O) groups is 2. The van der Waals surface area contributed by atoms with Gasteiger partial charge in [0.2, 0.25) is 0 Å². The van der Waals surface area contributed by atoms with E-state index in [1.165, 1.54) is 11.9 Å². The molecule has 6 rings (SSSR count). The predicted molar refractivity (Wildman–Crippen MR) is 131 cm³/mol. The maximum atomic E-state index is 13.1. The Morgan fingerprint density at radius 3 is 2.76 bits per heavy atom. The molecule has 0 saturated heterocycles. The molecule has 0 amide bonds. The third-order valence-corrected chi connectivity index (χ3v) is 7.33. The van der Waals surface area contributed by atoms with Gasteiger partial charge in [0, 0.05) is 34.7 Å². The fourth-order valence-electron chi connectivity index (χ4n) is 4.91. The Bertz CT molecular complexity index is 1650. The van der Waals surface area contributed by atoms with Crippen LogP contribution in [0.5, 0.6) is 0 Å². The van der Waals surface area contributed by atoms with E-state index in [2.05, 4.69) is 36.4 Å². The van der Waals surface area contributed by atoms with Gasteiger partial charge in [-0.15, -0.1) is 0 Å². The van der Waals surface area contributed by atoms with Crippen molar-refractivity contribution < 1.29 is 14.7 Å². The van der Waals surface area contributed by atoms with E-state index in [0.717, 1.165) is 54.6 Å². The minimum atomic E-state index is -0.950. The van der Waals surface area contributed by atoms with Crippen molar-refractivity contribution in [1.82, 2.24) is 0 Å². The van der Waals surface area contributed by atoms with Gasteiger partial charge in [-0.2, -0.15) is 0 Å². The first-order valence-electron chi connectivity index (χ1n) is 10.9. The molecule has 160 valence electrons. The molecule has 1 atom stereocenters. The zero-order chi connectivity index (χ0) is 22.5. The van der Waals surface area contributed by atoms with Gasteiger partial charge in [0.25, 0.3) is 0 Å². The maximum absolute atomic E-state index is 13.1. The van der Waals surface area contributed by atoms with Gasteiger partial charge >= 0.3 is 5.97 Å². The second-order valence-corrected chi connectivity index (χ2v) is 9.19. The van der Waals surface area contributed by atoms with Crippen LogP contribution in [0.4, 0.5) is 0 Å². The number of ketones is 1. The number of carboxylic acids is 1. The van der Waals surface area contributed by atoms with Gasteiger partial charge < -0.3 is 5.11 Å². The van der Waals surface area contributed by atoms with Crippen molar-refractivity contribution in [2.24, 2.45) is 4.40 Å². The van der Waals surface area contributed by atoms with E-state index in [4.69, 9.17) is 4.40 Å². The van der Waals surface area contributed by atoms with E-state index in [1.54, 1.807) is 18.2 Å². The second-order valence-electron chi connectivity index (χ2n) is 8.39. The number of allylic oxidation sites excluding steroid dienone is 1. The van der Waals surface area contributed by atoms with E-state index >= 15 is 0 Å². The van der Waals surface area contributed by atoms with Crippen molar-refractivity contribution in [3.05, 3.63) is 104 Å². The van der Waals surface area contributed by atoms with Crippen LogP contribution in [0.25, 0.3) is 18.2 Å². The molecule has 1 aliphatic heterocycles. The first-order chi connectivity index (χ1) is 16.1. The topological polar surface area (TPSA) is 66.7 Å². The van der Waals surface area contributed by atoms with Gasteiger partial charge in [-0.25, -0.2) is 9.19 Å². The standard InChI is InChI=1S/C28H19NO3S/c30-24-7-3-5-16-8-11-21-20-6-2-1-4-17(20)15-22(27(21)26(16)24)23-12-9-18-14-19(28(31)32)10-13-25(18)33-29-23/h1-2,4-6,8-15,22H,3,7H2,(H,31,32). The summed E-state index contributed by atoms with van der Waals surface area (Å²) in [4.78, 5) is 25.4. The van der Waals surface area contributed by atoms with Crippen LogP contribution in [0.3, 0.4) is 0 Å². The van der Waals surface area contributed by atoms with Gasteiger partial charge in [0.05, 0.1) is 11.3 Å². The molecule has 0 radical (unpaired) electrons. The molecule has 0 spiro atoms. The fourth-order valence-corrected chi connectivity index (χ4v) is 5.65. The summed E-state index contributed by atoms with van der Waals surface area (Å²) in [7, 11) is 0. The highest BCUT2D eigenvalue weighted by molar-refractivity contribution is 7.98. The Balaban J connectivity index is 1.58. The maximum Gasteiger partial charge on any atom is 0.335 e. The van der Waals surface area contributed by atoms with Crippen LogP contribution in [0, 0.1) is 10.4 Å². The highest BCUT2D eigenvalue weighted by atomic mass is 32.2. The monoisotopic (exact) mass is 449 g/mol. The molecule has 0 aromatic heterocycles. The van der Waals surface area contributed by atoms with Crippen LogP contribution < -0.4 is 10.4 Å². The Kier molecular flexibility index (Phi) is 4.66. The third-order valence-electron chi connectivity index (χ3n) is 6.46. The smallest absolute Gasteiger partial charge is 0.335 e. The molecule has 1 heterocycles. The first kappa shape index (κ1) is 19.9. The van der Waals surface area contributed by atoms with Gasteiger partial charge in [-0.3, -0.25) is 4.79 Å². The number of nitrogens with zero attached hydrogens (tertiary/aromatic N) is 1. The van der Waals surface area contributed by atoms with Crippen molar-refractivity contribution in [3.8, 4) is 0 Å². The molecular weight excluding hydrogens is 430 g/mol. The summed E-state index contributed by atoms with van der Waals surface area (Å²) >= 11 is 1.35. The number of hydrogen-bond donors (Lipinski definition) is 1. The zero-order valence-corrected chi connectivity index (χ0v) is 18.4. The average molecular weight is 450 g/mol. The lowest BCUT2D eigenvalue weighted by molar-refractivity contribution is 0.0696. The van der Waals surface area contributed by atoms with E-state index in [9.17, 15) is 14.7 Å². The minimum absolute atomic E-state index is 0.169. The first-order valence-corrected chi connectivity index (χ1v) is 11.7. The molecule has 0 saturated carbocycles.